The van der Waals surface area contributed by atoms with E-state index in [0.717, 1.165) is 10.0 Å². The minimum Gasteiger partial charge on any atom is -0.507 e. The summed E-state index contributed by atoms with van der Waals surface area (Å²) in [5.74, 6) is -1.41. The van der Waals surface area contributed by atoms with Gasteiger partial charge in [0.15, 0.2) is 0 Å². The lowest BCUT2D eigenvalue weighted by atomic mass is 9.95. The lowest BCUT2D eigenvalue weighted by Crippen LogP contribution is -2.31. The molecule has 152 valence electrons. The van der Waals surface area contributed by atoms with E-state index in [1.54, 1.807) is 41.7 Å². The number of carbonyl (C=O) groups excluding carboxylic acids is 2. The molecule has 30 heavy (non-hydrogen) atoms. The summed E-state index contributed by atoms with van der Waals surface area (Å²) >= 11 is 3.42. The van der Waals surface area contributed by atoms with Crippen LogP contribution in [0.2, 0.25) is 0 Å². The fourth-order valence-corrected chi connectivity index (χ4v) is 3.96. The molecule has 1 fully saturated rings. The van der Waals surface area contributed by atoms with Crippen molar-refractivity contribution >= 4 is 33.4 Å². The number of aliphatic hydroxyl groups is 1. The predicted molar refractivity (Wildman–Crippen MR) is 116 cm³/mol. The quantitative estimate of drug-likeness (QED) is 0.337. The molecule has 0 unspecified atom stereocenters. The molecule has 3 aromatic rings. The number of hydrogen-bond acceptors (Lipinski definition) is 4. The minimum absolute atomic E-state index is 0.121. The fraction of sp³-hybridized carbons (Fsp3) is 0.174. The monoisotopic (exact) mass is 465 g/mol. The van der Waals surface area contributed by atoms with Gasteiger partial charge in [0.1, 0.15) is 5.76 Å². The number of aromatic nitrogens is 2. The van der Waals surface area contributed by atoms with Crippen LogP contribution in [0, 0.1) is 0 Å². The predicted octanol–water partition coefficient (Wildman–Crippen LogP) is 4.16. The Morgan fingerprint density at radius 3 is 2.43 bits per heavy atom. The van der Waals surface area contributed by atoms with E-state index >= 15 is 0 Å². The second-order valence-corrected chi connectivity index (χ2v) is 7.98. The fourth-order valence-electron chi connectivity index (χ4n) is 3.70. The molecule has 0 spiro atoms. The van der Waals surface area contributed by atoms with E-state index in [2.05, 4.69) is 20.9 Å². The molecule has 2 heterocycles. The average molecular weight is 466 g/mol. The molecule has 0 bridgehead atoms. The number of aryl methyl sites for hydroxylation is 1. The highest BCUT2D eigenvalue weighted by Crippen LogP contribution is 2.39. The Hall–Kier alpha value is -3.19. The van der Waals surface area contributed by atoms with Gasteiger partial charge in [0.25, 0.3) is 11.7 Å². The summed E-state index contributed by atoms with van der Waals surface area (Å²) in [5.41, 5.74) is 1.41. The van der Waals surface area contributed by atoms with Crippen molar-refractivity contribution in [2.24, 2.45) is 0 Å². The van der Waals surface area contributed by atoms with Gasteiger partial charge in [0.2, 0.25) is 0 Å². The smallest absolute Gasteiger partial charge is 0.295 e. The first-order chi connectivity index (χ1) is 14.6. The Bertz CT molecular complexity index is 1080. The maximum atomic E-state index is 12.9. The number of halogens is 1. The molecule has 0 radical (unpaired) electrons. The molecule has 1 aliphatic rings. The number of amides is 1. The van der Waals surface area contributed by atoms with Gasteiger partial charge < -0.3 is 14.6 Å². The van der Waals surface area contributed by atoms with E-state index in [0.29, 0.717) is 25.1 Å². The van der Waals surface area contributed by atoms with Crippen LogP contribution >= 0.6 is 15.9 Å². The first kappa shape index (κ1) is 20.1. The Morgan fingerprint density at radius 1 is 1.03 bits per heavy atom. The number of imidazole rings is 1. The van der Waals surface area contributed by atoms with E-state index in [1.165, 1.54) is 0 Å². The molecule has 7 heteroatoms. The van der Waals surface area contributed by atoms with Crippen LogP contribution in [-0.2, 0) is 16.1 Å². The molecular formula is C23H20BrN3O3. The molecule has 1 amide bonds. The van der Waals surface area contributed by atoms with Crippen LogP contribution in [0.25, 0.3) is 5.76 Å². The van der Waals surface area contributed by atoms with Gasteiger partial charge in [0.05, 0.1) is 17.9 Å². The number of aliphatic hydroxyl groups excluding tert-OH is 1. The number of likely N-dealkylation sites (tertiary alicyclic amines) is 1. The van der Waals surface area contributed by atoms with Gasteiger partial charge >= 0.3 is 0 Å². The van der Waals surface area contributed by atoms with Crippen molar-refractivity contribution in [2.75, 3.05) is 6.54 Å². The summed E-state index contributed by atoms with van der Waals surface area (Å²) in [6, 6.07) is 15.7. The van der Waals surface area contributed by atoms with Gasteiger partial charge in [-0.25, -0.2) is 4.98 Å². The topological polar surface area (TPSA) is 75.4 Å². The van der Waals surface area contributed by atoms with Crippen LogP contribution < -0.4 is 0 Å². The molecule has 6 nitrogen and oxygen atoms in total. The van der Waals surface area contributed by atoms with Crippen LogP contribution in [-0.4, -0.2) is 37.8 Å². The van der Waals surface area contributed by atoms with Gasteiger partial charge in [-0.05, 0) is 24.1 Å². The number of hydrogen-bond donors (Lipinski definition) is 1. The zero-order valence-electron chi connectivity index (χ0n) is 16.1. The second-order valence-electron chi connectivity index (χ2n) is 7.06. The molecule has 4 rings (SSSR count). The molecule has 1 N–H and O–H groups in total. The summed E-state index contributed by atoms with van der Waals surface area (Å²) in [6.07, 6.45) is 5.93. The van der Waals surface area contributed by atoms with Crippen LogP contribution in [0.15, 0.2) is 83.4 Å². The Balaban J connectivity index is 1.72. The maximum absolute atomic E-state index is 12.9. The molecule has 1 aromatic heterocycles. The van der Waals surface area contributed by atoms with Crippen LogP contribution in [0.1, 0.15) is 23.6 Å². The van der Waals surface area contributed by atoms with Crippen molar-refractivity contribution in [2.45, 2.75) is 19.0 Å². The lowest BCUT2D eigenvalue weighted by Gasteiger charge is -2.25. The molecular weight excluding hydrogens is 446 g/mol. The summed E-state index contributed by atoms with van der Waals surface area (Å²) in [4.78, 5) is 31.4. The molecule has 1 saturated heterocycles. The van der Waals surface area contributed by atoms with Gasteiger partial charge in [0, 0.05) is 35.5 Å². The van der Waals surface area contributed by atoms with E-state index in [4.69, 9.17) is 0 Å². The lowest BCUT2D eigenvalue weighted by molar-refractivity contribution is -0.139. The van der Waals surface area contributed by atoms with Crippen molar-refractivity contribution in [3.05, 3.63) is 94.5 Å². The third-order valence-electron chi connectivity index (χ3n) is 5.15. The molecule has 0 aliphatic carbocycles. The highest BCUT2D eigenvalue weighted by atomic mass is 79.9. The van der Waals surface area contributed by atoms with Crippen LogP contribution in [0.4, 0.5) is 0 Å². The highest BCUT2D eigenvalue weighted by molar-refractivity contribution is 9.10. The summed E-state index contributed by atoms with van der Waals surface area (Å²) < 4.78 is 2.82. The van der Waals surface area contributed by atoms with Crippen molar-refractivity contribution in [3.63, 3.8) is 0 Å². The van der Waals surface area contributed by atoms with E-state index in [9.17, 15) is 14.7 Å². The first-order valence-corrected chi connectivity index (χ1v) is 10.4. The van der Waals surface area contributed by atoms with Crippen LogP contribution in [0.5, 0.6) is 0 Å². The van der Waals surface area contributed by atoms with Crippen molar-refractivity contribution in [3.8, 4) is 0 Å². The Morgan fingerprint density at radius 2 is 1.77 bits per heavy atom. The molecule has 0 saturated carbocycles. The summed E-state index contributed by atoms with van der Waals surface area (Å²) in [5, 5.41) is 10.9. The van der Waals surface area contributed by atoms with E-state index < -0.39 is 17.7 Å². The normalized spacial score (nSPS) is 18.2. The van der Waals surface area contributed by atoms with Crippen molar-refractivity contribution < 1.29 is 14.7 Å². The number of Topliss-reactive ketones (excluding diaryl/α,β-unsaturated/α-hetero) is 1. The maximum Gasteiger partial charge on any atom is 0.295 e. The van der Waals surface area contributed by atoms with Gasteiger partial charge in [-0.2, -0.15) is 0 Å². The molecule has 1 atom stereocenters. The standard InChI is InChI=1S/C23H20BrN3O3/c24-18-9-7-16(8-10-18)20-19(21(28)17-5-2-1-3-6-17)22(29)23(30)27(20)13-4-12-26-14-11-25-15-26/h1-3,5-11,14-15,20,28H,4,12-13H2/b21-19+/t20-/m0/s1. The Kier molecular flexibility index (Phi) is 5.81. The van der Waals surface area contributed by atoms with E-state index in [1.807, 2.05) is 41.1 Å². The number of carbonyl (C=O) groups is 2. The van der Waals surface area contributed by atoms with Gasteiger partial charge in [-0.1, -0.05) is 58.4 Å². The summed E-state index contributed by atoms with van der Waals surface area (Å²) in [7, 11) is 0. The molecule has 2 aromatic carbocycles. The molecule has 1 aliphatic heterocycles. The third-order valence-corrected chi connectivity index (χ3v) is 5.68. The zero-order chi connectivity index (χ0) is 21.1. The zero-order valence-corrected chi connectivity index (χ0v) is 17.7. The van der Waals surface area contributed by atoms with Crippen molar-refractivity contribution in [1.82, 2.24) is 14.5 Å². The van der Waals surface area contributed by atoms with Crippen molar-refractivity contribution in [1.29, 1.82) is 0 Å². The van der Waals surface area contributed by atoms with Gasteiger partial charge in [-0.3, -0.25) is 9.59 Å². The average Bonchev–Trinajstić information content (AvgIpc) is 3.37. The number of nitrogens with zero attached hydrogens (tertiary/aromatic N) is 3. The van der Waals surface area contributed by atoms with Gasteiger partial charge in [-0.15, -0.1) is 0 Å². The number of ketones is 1. The first-order valence-electron chi connectivity index (χ1n) is 9.61. The minimum atomic E-state index is -0.660. The third kappa shape index (κ3) is 3.93. The largest absolute Gasteiger partial charge is 0.507 e. The van der Waals surface area contributed by atoms with Crippen LogP contribution in [0.3, 0.4) is 0 Å². The summed E-state index contributed by atoms with van der Waals surface area (Å²) in [6.45, 7) is 1.06. The number of rotatable bonds is 6. The van der Waals surface area contributed by atoms with E-state index in [-0.39, 0.29) is 11.3 Å². The Labute approximate surface area is 182 Å². The number of benzene rings is 2. The second kappa shape index (κ2) is 8.67. The SMILES string of the molecule is O=C1C(=O)N(CCCn2ccnc2)[C@@H](c2ccc(Br)cc2)/C1=C(\O)c1ccccc1. The highest BCUT2D eigenvalue weighted by Gasteiger charge is 2.45.